The molecule has 1 heterocycles. The van der Waals surface area contributed by atoms with Gasteiger partial charge < -0.3 is 14.5 Å². The summed E-state index contributed by atoms with van der Waals surface area (Å²) in [6.45, 7) is 0. The van der Waals surface area contributed by atoms with Crippen LogP contribution in [0.3, 0.4) is 0 Å². The zero-order valence-corrected chi connectivity index (χ0v) is 8.78. The van der Waals surface area contributed by atoms with Gasteiger partial charge in [-0.25, -0.2) is 0 Å². The maximum atomic E-state index is 12.1. The predicted octanol–water partition coefficient (Wildman–Crippen LogP) is 2.02. The van der Waals surface area contributed by atoms with E-state index in [1.807, 2.05) is 0 Å². The summed E-state index contributed by atoms with van der Waals surface area (Å²) < 4.78 is 44.5. The fraction of sp³-hybridized carbons (Fsp3) is 0.375. The van der Waals surface area contributed by atoms with E-state index in [2.05, 4.69) is 14.5 Å². The molecule has 0 saturated carbocycles. The summed E-state index contributed by atoms with van der Waals surface area (Å²) >= 11 is 5.42. The Morgan fingerprint density at radius 2 is 2.06 bits per heavy atom. The first-order chi connectivity index (χ1) is 7.39. The molecule has 0 saturated heterocycles. The fourth-order valence-corrected chi connectivity index (χ4v) is 1.24. The lowest BCUT2D eigenvalue weighted by molar-refractivity contribution is -0.275. The van der Waals surface area contributed by atoms with Crippen LogP contribution in [0.4, 0.5) is 13.2 Å². The third-order valence-electron chi connectivity index (χ3n) is 1.65. The van der Waals surface area contributed by atoms with Crippen LogP contribution in [0, 0.1) is 0 Å². The molecule has 4 nitrogen and oxygen atoms in total. The normalized spacial score (nSPS) is 11.3. The Labute approximate surface area is 92.9 Å². The summed E-state index contributed by atoms with van der Waals surface area (Å²) in [5.74, 6) is -1.53. The van der Waals surface area contributed by atoms with Crippen molar-refractivity contribution in [3.05, 3.63) is 22.1 Å². The number of hydrogen-bond acceptors (Lipinski definition) is 3. The SMILES string of the molecule is COc1c(OC(F)(F)F)c(CCl)c[nH]c1=O. The second-order valence-corrected chi connectivity index (χ2v) is 2.95. The molecule has 0 bridgehead atoms. The van der Waals surface area contributed by atoms with Crippen molar-refractivity contribution in [2.45, 2.75) is 12.2 Å². The fourth-order valence-electron chi connectivity index (χ4n) is 1.04. The molecule has 0 radical (unpaired) electrons. The van der Waals surface area contributed by atoms with Crippen molar-refractivity contribution < 1.29 is 22.6 Å². The average Bonchev–Trinajstić information content (AvgIpc) is 2.16. The van der Waals surface area contributed by atoms with Gasteiger partial charge in [-0.05, 0) is 0 Å². The Balaban J connectivity index is 3.31. The lowest BCUT2D eigenvalue weighted by Crippen LogP contribution is -2.21. The van der Waals surface area contributed by atoms with Crippen LogP contribution in [0.1, 0.15) is 5.56 Å². The molecular formula is C8H7ClF3NO3. The highest BCUT2D eigenvalue weighted by molar-refractivity contribution is 6.17. The highest BCUT2D eigenvalue weighted by Gasteiger charge is 2.34. The van der Waals surface area contributed by atoms with Gasteiger partial charge in [0.25, 0.3) is 5.56 Å². The van der Waals surface area contributed by atoms with E-state index >= 15 is 0 Å². The van der Waals surface area contributed by atoms with Crippen LogP contribution in [-0.4, -0.2) is 18.5 Å². The number of rotatable bonds is 3. The number of halogens is 4. The molecule has 0 amide bonds. The molecule has 0 fully saturated rings. The van der Waals surface area contributed by atoms with E-state index in [9.17, 15) is 18.0 Å². The van der Waals surface area contributed by atoms with Gasteiger partial charge >= 0.3 is 6.36 Å². The van der Waals surface area contributed by atoms with Crippen molar-refractivity contribution >= 4 is 11.6 Å². The number of ether oxygens (including phenoxy) is 2. The zero-order chi connectivity index (χ0) is 12.3. The summed E-state index contributed by atoms with van der Waals surface area (Å²) in [6, 6.07) is 0. The molecule has 1 N–H and O–H groups in total. The minimum absolute atomic E-state index is 0.0181. The van der Waals surface area contributed by atoms with E-state index in [1.54, 1.807) is 0 Å². The minimum Gasteiger partial charge on any atom is -0.488 e. The van der Waals surface area contributed by atoms with Gasteiger partial charge in [-0.1, -0.05) is 0 Å². The summed E-state index contributed by atoms with van der Waals surface area (Å²) in [5.41, 5.74) is -0.842. The summed E-state index contributed by atoms with van der Waals surface area (Å²) in [4.78, 5) is 13.3. The van der Waals surface area contributed by atoms with Crippen LogP contribution in [0.15, 0.2) is 11.0 Å². The van der Waals surface area contributed by atoms with Crippen molar-refractivity contribution in [1.82, 2.24) is 4.98 Å². The standard InChI is InChI=1S/C8H7ClF3NO3/c1-15-6-5(16-8(10,11)12)4(2-9)3-13-7(6)14/h3H,2H2,1H3,(H,13,14). The van der Waals surface area contributed by atoms with Gasteiger partial charge in [0.2, 0.25) is 5.75 Å². The first kappa shape index (κ1) is 12.7. The van der Waals surface area contributed by atoms with Crippen molar-refractivity contribution in [3.8, 4) is 11.5 Å². The number of pyridine rings is 1. The quantitative estimate of drug-likeness (QED) is 0.843. The van der Waals surface area contributed by atoms with Crippen LogP contribution in [0.25, 0.3) is 0 Å². The van der Waals surface area contributed by atoms with Crippen LogP contribution < -0.4 is 15.0 Å². The maximum absolute atomic E-state index is 12.1. The second kappa shape index (κ2) is 4.65. The smallest absolute Gasteiger partial charge is 0.488 e. The monoisotopic (exact) mass is 257 g/mol. The summed E-state index contributed by atoms with van der Waals surface area (Å²) in [5, 5.41) is 0. The summed E-state index contributed by atoms with van der Waals surface area (Å²) in [7, 11) is 1.06. The van der Waals surface area contributed by atoms with Crippen LogP contribution in [0.5, 0.6) is 11.5 Å². The third-order valence-corrected chi connectivity index (χ3v) is 1.94. The molecule has 0 aliphatic rings. The Hall–Kier alpha value is -1.37. The minimum atomic E-state index is -4.91. The summed E-state index contributed by atoms with van der Waals surface area (Å²) in [6.07, 6.45) is -3.87. The van der Waals surface area contributed by atoms with Crippen molar-refractivity contribution in [2.75, 3.05) is 7.11 Å². The Kier molecular flexibility index (Phi) is 3.69. The molecule has 0 aliphatic carbocycles. The number of H-pyrrole nitrogens is 1. The Morgan fingerprint density at radius 1 is 1.44 bits per heavy atom. The number of aromatic amines is 1. The predicted molar refractivity (Wildman–Crippen MR) is 49.9 cm³/mol. The molecule has 0 aromatic carbocycles. The highest BCUT2D eigenvalue weighted by Crippen LogP contribution is 2.33. The third kappa shape index (κ3) is 2.82. The molecule has 0 unspecified atom stereocenters. The number of nitrogens with one attached hydrogen (secondary N) is 1. The zero-order valence-electron chi connectivity index (χ0n) is 8.02. The molecule has 0 atom stereocenters. The average molecular weight is 258 g/mol. The molecule has 16 heavy (non-hydrogen) atoms. The van der Waals surface area contributed by atoms with E-state index in [-0.39, 0.29) is 11.4 Å². The largest absolute Gasteiger partial charge is 0.573 e. The van der Waals surface area contributed by atoms with Crippen molar-refractivity contribution in [1.29, 1.82) is 0 Å². The van der Waals surface area contributed by atoms with Crippen LogP contribution in [0.2, 0.25) is 0 Å². The van der Waals surface area contributed by atoms with E-state index in [1.165, 1.54) is 0 Å². The first-order valence-electron chi connectivity index (χ1n) is 3.99. The molecule has 1 aromatic rings. The van der Waals surface area contributed by atoms with E-state index in [0.29, 0.717) is 0 Å². The molecule has 0 aliphatic heterocycles. The molecule has 1 aromatic heterocycles. The number of hydrogen-bond donors (Lipinski definition) is 1. The van der Waals surface area contributed by atoms with E-state index in [4.69, 9.17) is 11.6 Å². The molecule has 0 spiro atoms. The van der Waals surface area contributed by atoms with Gasteiger partial charge in [0.1, 0.15) is 0 Å². The maximum Gasteiger partial charge on any atom is 0.573 e. The van der Waals surface area contributed by atoms with Gasteiger partial charge in [-0.3, -0.25) is 4.79 Å². The number of aromatic nitrogens is 1. The Morgan fingerprint density at radius 3 is 2.50 bits per heavy atom. The molecule has 90 valence electrons. The van der Waals surface area contributed by atoms with E-state index in [0.717, 1.165) is 13.3 Å². The topological polar surface area (TPSA) is 51.3 Å². The van der Waals surface area contributed by atoms with E-state index < -0.39 is 23.4 Å². The van der Waals surface area contributed by atoms with Crippen molar-refractivity contribution in [2.24, 2.45) is 0 Å². The van der Waals surface area contributed by atoms with Crippen LogP contribution >= 0.6 is 11.6 Å². The lowest BCUT2D eigenvalue weighted by Gasteiger charge is -2.14. The first-order valence-corrected chi connectivity index (χ1v) is 4.52. The van der Waals surface area contributed by atoms with Gasteiger partial charge in [-0.15, -0.1) is 24.8 Å². The van der Waals surface area contributed by atoms with Crippen molar-refractivity contribution in [3.63, 3.8) is 0 Å². The van der Waals surface area contributed by atoms with Gasteiger partial charge in [-0.2, -0.15) is 0 Å². The van der Waals surface area contributed by atoms with Gasteiger partial charge in [0.05, 0.1) is 13.0 Å². The van der Waals surface area contributed by atoms with Crippen LogP contribution in [-0.2, 0) is 5.88 Å². The molecule has 1 rings (SSSR count). The second-order valence-electron chi connectivity index (χ2n) is 2.69. The van der Waals surface area contributed by atoms with Gasteiger partial charge in [0, 0.05) is 11.8 Å². The van der Waals surface area contributed by atoms with Gasteiger partial charge in [0.15, 0.2) is 5.75 Å². The number of alkyl halides is 4. The highest BCUT2D eigenvalue weighted by atomic mass is 35.5. The lowest BCUT2D eigenvalue weighted by atomic mass is 10.3. The Bertz CT molecular complexity index is 430. The molecule has 8 heteroatoms. The molecular weight excluding hydrogens is 251 g/mol. The number of methoxy groups -OCH3 is 1.